The topological polar surface area (TPSA) is 65.1 Å². The molecule has 0 fully saturated rings. The summed E-state index contributed by atoms with van der Waals surface area (Å²) in [5.41, 5.74) is -0.338. The highest BCUT2D eigenvalue weighted by atomic mass is 31.2. The van der Waals surface area contributed by atoms with Gasteiger partial charge in [-0.1, -0.05) is 18.2 Å². The minimum Gasteiger partial charge on any atom is -0.443 e. The van der Waals surface area contributed by atoms with Crippen LogP contribution < -0.4 is 4.67 Å². The van der Waals surface area contributed by atoms with E-state index in [4.69, 9.17) is 13.8 Å². The lowest BCUT2D eigenvalue weighted by Gasteiger charge is -2.31. The van der Waals surface area contributed by atoms with Crippen LogP contribution in [-0.2, 0) is 18.3 Å². The zero-order chi connectivity index (χ0) is 16.8. The van der Waals surface area contributed by atoms with E-state index in [0.717, 1.165) is 4.67 Å². The fraction of sp³-hybridized carbons (Fsp3) is 0.533. The number of para-hydroxylation sites is 1. The summed E-state index contributed by atoms with van der Waals surface area (Å²) < 4.78 is 29.9. The molecule has 1 aromatic carbocycles. The maximum atomic E-state index is 13.0. The largest absolute Gasteiger partial charge is 0.444 e. The summed E-state index contributed by atoms with van der Waals surface area (Å²) in [4.78, 5) is 12.5. The van der Waals surface area contributed by atoms with E-state index in [1.54, 1.807) is 65.0 Å². The first kappa shape index (κ1) is 18.7. The van der Waals surface area contributed by atoms with Gasteiger partial charge in [0.25, 0.3) is 0 Å². The van der Waals surface area contributed by atoms with E-state index >= 15 is 0 Å². The Balaban J connectivity index is 3.27. The lowest BCUT2D eigenvalue weighted by atomic mass is 10.2. The molecule has 1 rings (SSSR count). The molecule has 1 aromatic rings. The van der Waals surface area contributed by atoms with Crippen molar-refractivity contribution in [3.8, 4) is 0 Å². The number of carbonyl (C=O) groups is 1. The van der Waals surface area contributed by atoms with Crippen molar-refractivity contribution in [2.24, 2.45) is 0 Å². The SMILES string of the molecule is CCOP(=O)(OCC)N(C(=O)OC(C)(C)C)c1ccccc1. The maximum Gasteiger partial charge on any atom is 0.444 e. The smallest absolute Gasteiger partial charge is 0.443 e. The molecule has 0 aliphatic heterocycles. The molecule has 0 heterocycles. The minimum absolute atomic E-state index is 0.142. The lowest BCUT2D eigenvalue weighted by Crippen LogP contribution is -2.36. The summed E-state index contributed by atoms with van der Waals surface area (Å²) >= 11 is 0. The Hall–Kier alpha value is -1.36. The van der Waals surface area contributed by atoms with Crippen molar-refractivity contribution in [2.75, 3.05) is 17.9 Å². The van der Waals surface area contributed by atoms with Gasteiger partial charge in [0, 0.05) is 0 Å². The van der Waals surface area contributed by atoms with E-state index in [1.165, 1.54) is 0 Å². The van der Waals surface area contributed by atoms with Gasteiger partial charge in [0.1, 0.15) is 5.60 Å². The second-order valence-corrected chi connectivity index (χ2v) is 7.29. The molecule has 0 saturated heterocycles. The molecule has 0 aliphatic carbocycles. The fourth-order valence-corrected chi connectivity index (χ4v) is 3.32. The first-order chi connectivity index (χ1) is 10.2. The van der Waals surface area contributed by atoms with E-state index in [1.807, 2.05) is 0 Å². The number of benzene rings is 1. The molecule has 0 N–H and O–H groups in total. The normalized spacial score (nSPS) is 12.0. The molecule has 0 radical (unpaired) electrons. The van der Waals surface area contributed by atoms with E-state index in [9.17, 15) is 9.36 Å². The van der Waals surface area contributed by atoms with Crippen LogP contribution in [0.4, 0.5) is 10.5 Å². The first-order valence-electron chi connectivity index (χ1n) is 7.21. The summed E-state index contributed by atoms with van der Waals surface area (Å²) in [6, 6.07) is 8.55. The number of hydrogen-bond donors (Lipinski definition) is 0. The molecule has 7 heteroatoms. The van der Waals surface area contributed by atoms with Crippen molar-refractivity contribution < 1.29 is 23.1 Å². The van der Waals surface area contributed by atoms with Gasteiger partial charge in [-0.05, 0) is 46.8 Å². The quantitative estimate of drug-likeness (QED) is 0.713. The van der Waals surface area contributed by atoms with Gasteiger partial charge in [0.15, 0.2) is 0 Å². The van der Waals surface area contributed by atoms with E-state index in [-0.39, 0.29) is 13.2 Å². The van der Waals surface area contributed by atoms with Crippen molar-refractivity contribution in [1.82, 2.24) is 0 Å². The molecule has 0 unspecified atom stereocenters. The molecule has 0 aromatic heterocycles. The fourth-order valence-electron chi connectivity index (χ4n) is 1.70. The average Bonchev–Trinajstić information content (AvgIpc) is 2.38. The summed E-state index contributed by atoms with van der Waals surface area (Å²) in [5, 5.41) is 0. The van der Waals surface area contributed by atoms with Crippen molar-refractivity contribution >= 4 is 19.5 Å². The Labute approximate surface area is 131 Å². The highest BCUT2D eigenvalue weighted by Crippen LogP contribution is 2.54. The molecule has 0 aliphatic rings. The number of anilines is 1. The molecular weight excluding hydrogens is 305 g/mol. The summed E-state index contributed by atoms with van der Waals surface area (Å²) in [7, 11) is -3.83. The van der Waals surface area contributed by atoms with Crippen LogP contribution in [0, 0.1) is 0 Å². The van der Waals surface area contributed by atoms with Crippen LogP contribution in [-0.4, -0.2) is 24.9 Å². The molecule has 0 atom stereocenters. The molecule has 6 nitrogen and oxygen atoms in total. The van der Waals surface area contributed by atoms with Gasteiger partial charge in [-0.15, -0.1) is 0 Å². The van der Waals surface area contributed by atoms with E-state index < -0.39 is 19.4 Å². The predicted molar refractivity (Wildman–Crippen MR) is 86.0 cm³/mol. The Bertz CT molecular complexity index is 516. The first-order valence-corrected chi connectivity index (χ1v) is 8.71. The van der Waals surface area contributed by atoms with Crippen molar-refractivity contribution in [3.63, 3.8) is 0 Å². The third kappa shape index (κ3) is 5.13. The second-order valence-electron chi connectivity index (χ2n) is 5.43. The molecule has 124 valence electrons. The van der Waals surface area contributed by atoms with Crippen molar-refractivity contribution in [2.45, 2.75) is 40.2 Å². The highest BCUT2D eigenvalue weighted by molar-refractivity contribution is 7.56. The van der Waals surface area contributed by atoms with E-state index in [2.05, 4.69) is 0 Å². The highest BCUT2D eigenvalue weighted by Gasteiger charge is 2.41. The van der Waals surface area contributed by atoms with Crippen LogP contribution in [0.1, 0.15) is 34.6 Å². The Kier molecular flexibility index (Phi) is 6.60. The summed E-state index contributed by atoms with van der Waals surface area (Å²) in [5.74, 6) is 0. The average molecular weight is 329 g/mol. The van der Waals surface area contributed by atoms with Crippen molar-refractivity contribution in [1.29, 1.82) is 0 Å². The molecule has 1 amide bonds. The number of carbonyl (C=O) groups excluding carboxylic acids is 1. The lowest BCUT2D eigenvalue weighted by molar-refractivity contribution is 0.0592. The Morgan fingerprint density at radius 2 is 1.59 bits per heavy atom. The van der Waals surface area contributed by atoms with Gasteiger partial charge in [-0.2, -0.15) is 4.67 Å². The third-order valence-electron chi connectivity index (χ3n) is 2.40. The number of rotatable bonds is 6. The Morgan fingerprint density at radius 3 is 2.00 bits per heavy atom. The number of hydrogen-bond acceptors (Lipinski definition) is 5. The molecule has 22 heavy (non-hydrogen) atoms. The van der Waals surface area contributed by atoms with Crippen LogP contribution in [0.5, 0.6) is 0 Å². The number of amides is 1. The number of nitrogens with zero attached hydrogens (tertiary/aromatic N) is 1. The van der Waals surface area contributed by atoms with Crippen LogP contribution in [0.3, 0.4) is 0 Å². The molecule has 0 spiro atoms. The van der Waals surface area contributed by atoms with E-state index in [0.29, 0.717) is 5.69 Å². The summed E-state index contributed by atoms with van der Waals surface area (Å²) in [6.45, 7) is 8.86. The Morgan fingerprint density at radius 1 is 1.09 bits per heavy atom. The second kappa shape index (κ2) is 7.77. The monoisotopic (exact) mass is 329 g/mol. The predicted octanol–water partition coefficient (Wildman–Crippen LogP) is 4.61. The summed E-state index contributed by atoms with van der Waals surface area (Å²) in [6.07, 6.45) is -0.774. The van der Waals surface area contributed by atoms with Crippen LogP contribution in [0.25, 0.3) is 0 Å². The number of ether oxygens (including phenoxy) is 1. The molecular formula is C15H24NO5P. The zero-order valence-corrected chi connectivity index (χ0v) is 14.6. The van der Waals surface area contributed by atoms with Gasteiger partial charge in [-0.3, -0.25) is 9.05 Å². The standard InChI is InChI=1S/C15H24NO5P/c1-6-19-22(18,20-7-2)16(13-11-9-8-10-12-13)14(17)21-15(3,4)5/h8-12H,6-7H2,1-5H3. The van der Waals surface area contributed by atoms with Gasteiger partial charge >= 0.3 is 13.8 Å². The zero-order valence-electron chi connectivity index (χ0n) is 13.7. The van der Waals surface area contributed by atoms with Gasteiger partial charge < -0.3 is 4.74 Å². The molecule has 0 bridgehead atoms. The van der Waals surface area contributed by atoms with Crippen molar-refractivity contribution in [3.05, 3.63) is 30.3 Å². The van der Waals surface area contributed by atoms with Gasteiger partial charge in [0.05, 0.1) is 18.9 Å². The minimum atomic E-state index is -3.83. The van der Waals surface area contributed by atoms with Crippen LogP contribution in [0.15, 0.2) is 30.3 Å². The third-order valence-corrected chi connectivity index (χ3v) is 4.45. The molecule has 0 saturated carbocycles. The van der Waals surface area contributed by atoms with Crippen LogP contribution >= 0.6 is 7.75 Å². The van der Waals surface area contributed by atoms with Gasteiger partial charge in [0.2, 0.25) is 0 Å². The van der Waals surface area contributed by atoms with Crippen LogP contribution in [0.2, 0.25) is 0 Å². The maximum absolute atomic E-state index is 13.0. The van der Waals surface area contributed by atoms with Gasteiger partial charge in [-0.25, -0.2) is 9.36 Å².